The van der Waals surface area contributed by atoms with Crippen molar-refractivity contribution in [3.8, 4) is 0 Å². The molecule has 6 heteroatoms. The minimum atomic E-state index is -4.45. The van der Waals surface area contributed by atoms with Gasteiger partial charge >= 0.3 is 6.18 Å². The number of nitrogens with zero attached hydrogens (tertiary/aromatic N) is 2. The van der Waals surface area contributed by atoms with Gasteiger partial charge in [0.05, 0.1) is 0 Å². The van der Waals surface area contributed by atoms with E-state index in [0.717, 1.165) is 12.5 Å². The van der Waals surface area contributed by atoms with Crippen molar-refractivity contribution in [2.24, 2.45) is 0 Å². The van der Waals surface area contributed by atoms with Crippen LogP contribution < -0.4 is 5.32 Å². The van der Waals surface area contributed by atoms with Crippen LogP contribution in [0.25, 0.3) is 0 Å². The van der Waals surface area contributed by atoms with Crippen LogP contribution in [0.5, 0.6) is 0 Å². The lowest BCUT2D eigenvalue weighted by atomic mass is 9.98. The smallest absolute Gasteiger partial charge is 0.369 e. The third kappa shape index (κ3) is 4.44. The highest BCUT2D eigenvalue weighted by Gasteiger charge is 2.32. The Morgan fingerprint density at radius 3 is 2.33 bits per heavy atom. The summed E-state index contributed by atoms with van der Waals surface area (Å²) in [6, 6.07) is 12.3. The van der Waals surface area contributed by atoms with E-state index in [0.29, 0.717) is 18.3 Å². The maximum Gasteiger partial charge on any atom is 0.435 e. The van der Waals surface area contributed by atoms with Gasteiger partial charge in [0.25, 0.3) is 0 Å². The highest BCUT2D eigenvalue weighted by molar-refractivity contribution is 5.33. The molecule has 21 heavy (non-hydrogen) atoms. The Kier molecular flexibility index (Phi) is 4.77. The number of alkyl halides is 3. The van der Waals surface area contributed by atoms with Crippen LogP contribution in [0.1, 0.15) is 30.5 Å². The fourth-order valence-electron chi connectivity index (χ4n) is 1.94. The van der Waals surface area contributed by atoms with E-state index < -0.39 is 11.9 Å². The third-order valence-electron chi connectivity index (χ3n) is 3.21. The number of hydrogen-bond donors (Lipinski definition) is 1. The van der Waals surface area contributed by atoms with E-state index in [-0.39, 0.29) is 0 Å². The Hall–Kier alpha value is -2.11. The van der Waals surface area contributed by atoms with Gasteiger partial charge in [-0.2, -0.15) is 13.2 Å². The molecule has 1 heterocycles. The molecule has 1 atom stereocenters. The number of nitrogens with one attached hydrogen (secondary N) is 1. The largest absolute Gasteiger partial charge is 0.435 e. The minimum Gasteiger partial charge on any atom is -0.369 e. The fraction of sp³-hybridized carbons (Fsp3) is 0.333. The topological polar surface area (TPSA) is 37.8 Å². The van der Waals surface area contributed by atoms with Crippen LogP contribution in [-0.2, 0) is 6.18 Å². The lowest BCUT2D eigenvalue weighted by Crippen LogP contribution is -2.11. The van der Waals surface area contributed by atoms with E-state index in [1.807, 2.05) is 18.2 Å². The van der Waals surface area contributed by atoms with Gasteiger partial charge < -0.3 is 5.32 Å². The Morgan fingerprint density at radius 1 is 1.05 bits per heavy atom. The van der Waals surface area contributed by atoms with Crippen molar-refractivity contribution in [2.45, 2.75) is 25.4 Å². The zero-order valence-corrected chi connectivity index (χ0v) is 11.6. The highest BCUT2D eigenvalue weighted by atomic mass is 19.4. The molecule has 0 saturated heterocycles. The van der Waals surface area contributed by atoms with Gasteiger partial charge in [-0.3, -0.25) is 0 Å². The monoisotopic (exact) mass is 295 g/mol. The van der Waals surface area contributed by atoms with E-state index in [4.69, 9.17) is 0 Å². The third-order valence-corrected chi connectivity index (χ3v) is 3.21. The van der Waals surface area contributed by atoms with Crippen molar-refractivity contribution >= 4 is 5.82 Å². The van der Waals surface area contributed by atoms with Crippen LogP contribution in [0.4, 0.5) is 19.0 Å². The predicted molar refractivity (Wildman–Crippen MR) is 75.0 cm³/mol. The molecule has 0 spiro atoms. The summed E-state index contributed by atoms with van der Waals surface area (Å²) in [5, 5.41) is 9.69. The van der Waals surface area contributed by atoms with Gasteiger partial charge in [-0.05, 0) is 30.0 Å². The number of halogens is 3. The second-order valence-corrected chi connectivity index (χ2v) is 4.83. The first-order valence-corrected chi connectivity index (χ1v) is 6.66. The van der Waals surface area contributed by atoms with Gasteiger partial charge in [-0.25, -0.2) is 0 Å². The molecule has 0 aliphatic carbocycles. The summed E-state index contributed by atoms with van der Waals surface area (Å²) >= 11 is 0. The molecule has 1 N–H and O–H groups in total. The van der Waals surface area contributed by atoms with E-state index in [2.05, 4.69) is 34.6 Å². The Labute approximate surface area is 121 Å². The van der Waals surface area contributed by atoms with Crippen LogP contribution in [0.15, 0.2) is 42.5 Å². The molecule has 0 saturated carbocycles. The van der Waals surface area contributed by atoms with Crippen molar-refractivity contribution in [3.63, 3.8) is 0 Å². The Balaban J connectivity index is 1.84. The molecule has 0 radical (unpaired) electrons. The summed E-state index contributed by atoms with van der Waals surface area (Å²) in [7, 11) is 0. The summed E-state index contributed by atoms with van der Waals surface area (Å²) < 4.78 is 37.0. The number of anilines is 1. The van der Waals surface area contributed by atoms with E-state index in [1.165, 1.54) is 11.6 Å². The Bertz CT molecular complexity index is 553. The summed E-state index contributed by atoms with van der Waals surface area (Å²) in [6.07, 6.45) is -3.60. The van der Waals surface area contributed by atoms with E-state index >= 15 is 0 Å². The molecule has 1 aromatic carbocycles. The first kappa shape index (κ1) is 15.3. The first-order valence-electron chi connectivity index (χ1n) is 6.66. The summed E-state index contributed by atoms with van der Waals surface area (Å²) in [6.45, 7) is 2.73. The standard InChI is InChI=1S/C15H16F3N3/c1-11(12-5-3-2-4-6-12)9-10-19-14-8-7-13(20-21-14)15(16,17)18/h2-8,11H,9-10H2,1H3,(H,19,21). The zero-order chi connectivity index (χ0) is 15.3. The molecule has 112 valence electrons. The van der Waals surface area contributed by atoms with Gasteiger partial charge in [0.15, 0.2) is 5.69 Å². The average Bonchev–Trinajstić information content (AvgIpc) is 2.47. The van der Waals surface area contributed by atoms with Crippen molar-refractivity contribution < 1.29 is 13.2 Å². The van der Waals surface area contributed by atoms with Crippen molar-refractivity contribution in [2.75, 3.05) is 11.9 Å². The summed E-state index contributed by atoms with van der Waals surface area (Å²) in [5.41, 5.74) is 0.253. The molecular weight excluding hydrogens is 279 g/mol. The molecule has 3 nitrogen and oxygen atoms in total. The van der Waals surface area contributed by atoms with Gasteiger partial charge in [0.1, 0.15) is 5.82 Å². The number of aromatic nitrogens is 2. The number of rotatable bonds is 5. The summed E-state index contributed by atoms with van der Waals surface area (Å²) in [5.74, 6) is 0.712. The highest BCUT2D eigenvalue weighted by Crippen LogP contribution is 2.27. The molecule has 2 aromatic rings. The molecule has 0 aliphatic heterocycles. The number of benzene rings is 1. The molecular formula is C15H16F3N3. The number of hydrogen-bond acceptors (Lipinski definition) is 3. The maximum absolute atomic E-state index is 12.3. The second-order valence-electron chi connectivity index (χ2n) is 4.83. The van der Waals surface area contributed by atoms with Crippen LogP contribution in [0, 0.1) is 0 Å². The minimum absolute atomic E-state index is 0.350. The normalized spacial score (nSPS) is 13.0. The maximum atomic E-state index is 12.3. The summed E-state index contributed by atoms with van der Waals surface area (Å²) in [4.78, 5) is 0. The van der Waals surface area contributed by atoms with E-state index in [1.54, 1.807) is 0 Å². The molecule has 1 unspecified atom stereocenters. The zero-order valence-electron chi connectivity index (χ0n) is 11.6. The van der Waals surface area contributed by atoms with Crippen LogP contribution >= 0.6 is 0 Å². The quantitative estimate of drug-likeness (QED) is 0.902. The molecule has 0 aliphatic rings. The van der Waals surface area contributed by atoms with Crippen LogP contribution in [0.3, 0.4) is 0 Å². The first-order chi connectivity index (χ1) is 9.97. The fourth-order valence-corrected chi connectivity index (χ4v) is 1.94. The lowest BCUT2D eigenvalue weighted by molar-refractivity contribution is -0.141. The van der Waals surface area contributed by atoms with Gasteiger partial charge in [0.2, 0.25) is 0 Å². The Morgan fingerprint density at radius 2 is 1.76 bits per heavy atom. The van der Waals surface area contributed by atoms with Crippen molar-refractivity contribution in [3.05, 3.63) is 53.7 Å². The van der Waals surface area contributed by atoms with Gasteiger partial charge in [-0.15, -0.1) is 10.2 Å². The average molecular weight is 295 g/mol. The van der Waals surface area contributed by atoms with E-state index in [9.17, 15) is 13.2 Å². The van der Waals surface area contributed by atoms with Gasteiger partial charge in [0, 0.05) is 6.54 Å². The molecule has 0 fully saturated rings. The second kappa shape index (κ2) is 6.56. The van der Waals surface area contributed by atoms with Gasteiger partial charge in [-0.1, -0.05) is 37.3 Å². The molecule has 2 rings (SSSR count). The SMILES string of the molecule is CC(CCNc1ccc(C(F)(F)F)nn1)c1ccccc1. The molecule has 1 aromatic heterocycles. The van der Waals surface area contributed by atoms with Crippen molar-refractivity contribution in [1.29, 1.82) is 0 Å². The predicted octanol–water partition coefficient (Wildman–Crippen LogP) is 4.10. The van der Waals surface area contributed by atoms with Crippen LogP contribution in [-0.4, -0.2) is 16.7 Å². The molecule has 0 amide bonds. The van der Waals surface area contributed by atoms with Crippen molar-refractivity contribution in [1.82, 2.24) is 10.2 Å². The van der Waals surface area contributed by atoms with Crippen LogP contribution in [0.2, 0.25) is 0 Å². The molecule has 0 bridgehead atoms. The lowest BCUT2D eigenvalue weighted by Gasteiger charge is -2.12.